The number of aryl methyl sites for hydroxylation is 1. The van der Waals surface area contributed by atoms with Crippen LogP contribution in [0.25, 0.3) is 6.08 Å². The van der Waals surface area contributed by atoms with Gasteiger partial charge in [-0.3, -0.25) is 0 Å². The summed E-state index contributed by atoms with van der Waals surface area (Å²) in [7, 11) is -3.44. The number of aromatic nitrogens is 2. The summed E-state index contributed by atoms with van der Waals surface area (Å²) >= 11 is 0. The van der Waals surface area contributed by atoms with Gasteiger partial charge in [0.25, 0.3) is 0 Å². The number of hydrogen-bond acceptors (Lipinski definition) is 5. The van der Waals surface area contributed by atoms with Crippen LogP contribution in [0.4, 0.5) is 5.82 Å². The molecular weight excluding hydrogens is 348 g/mol. The first-order chi connectivity index (χ1) is 12.6. The predicted molar refractivity (Wildman–Crippen MR) is 102 cm³/mol. The van der Waals surface area contributed by atoms with Gasteiger partial charge in [-0.25, -0.2) is 18.4 Å². The van der Waals surface area contributed by atoms with Gasteiger partial charge in [0.15, 0.2) is 0 Å². The molecule has 2 aliphatic rings. The van der Waals surface area contributed by atoms with Gasteiger partial charge < -0.3 is 4.90 Å². The van der Waals surface area contributed by atoms with E-state index >= 15 is 0 Å². The van der Waals surface area contributed by atoms with Gasteiger partial charge in [-0.15, -0.1) is 0 Å². The molecular formula is C19H22N4O2S. The second-order valence-corrected chi connectivity index (χ2v) is 8.49. The molecule has 0 bridgehead atoms. The zero-order valence-corrected chi connectivity index (χ0v) is 15.6. The molecule has 0 unspecified atom stereocenters. The molecule has 1 aromatic heterocycles. The number of allylic oxidation sites excluding steroid dienone is 1. The lowest BCUT2D eigenvalue weighted by Crippen LogP contribution is -2.49. The van der Waals surface area contributed by atoms with Gasteiger partial charge >= 0.3 is 0 Å². The lowest BCUT2D eigenvalue weighted by Gasteiger charge is -2.35. The Labute approximate surface area is 154 Å². The van der Waals surface area contributed by atoms with E-state index in [2.05, 4.69) is 33.9 Å². The number of sulfonamides is 1. The molecule has 0 atom stereocenters. The van der Waals surface area contributed by atoms with Crippen LogP contribution >= 0.6 is 0 Å². The first-order valence-electron chi connectivity index (χ1n) is 8.94. The second kappa shape index (κ2) is 6.81. The van der Waals surface area contributed by atoms with Crippen LogP contribution in [0, 0.1) is 0 Å². The lowest BCUT2D eigenvalue weighted by molar-refractivity contribution is 0.383. The van der Waals surface area contributed by atoms with E-state index in [1.54, 1.807) is 22.8 Å². The minimum Gasteiger partial charge on any atom is -0.353 e. The standard InChI is InChI=1S/C19H22N4O2S/c1-2-15-6-8-16(9-7-15)26(24,25)23-12-10-22(11-13-23)19-17-4-3-5-18(17)20-14-21-19/h3-4,6-9,14H,2,5,10-13H2,1H3. The molecule has 0 spiro atoms. The van der Waals surface area contributed by atoms with Crippen molar-refractivity contribution in [3.05, 3.63) is 53.5 Å². The maximum absolute atomic E-state index is 12.9. The molecule has 1 fully saturated rings. The molecule has 0 N–H and O–H groups in total. The molecule has 1 aliphatic carbocycles. The van der Waals surface area contributed by atoms with E-state index in [1.807, 2.05) is 12.1 Å². The van der Waals surface area contributed by atoms with Crippen molar-refractivity contribution in [2.45, 2.75) is 24.7 Å². The van der Waals surface area contributed by atoms with Crippen molar-refractivity contribution in [2.75, 3.05) is 31.1 Å². The summed E-state index contributed by atoms with van der Waals surface area (Å²) in [5.41, 5.74) is 3.25. The Bertz CT molecular complexity index is 931. The van der Waals surface area contributed by atoms with Crippen LogP contribution in [-0.2, 0) is 22.9 Å². The van der Waals surface area contributed by atoms with E-state index in [1.165, 1.54) is 0 Å². The van der Waals surface area contributed by atoms with Crippen LogP contribution in [0.15, 0.2) is 41.6 Å². The van der Waals surface area contributed by atoms with Crippen molar-refractivity contribution >= 4 is 21.9 Å². The van der Waals surface area contributed by atoms with E-state index in [0.717, 1.165) is 35.5 Å². The number of fused-ring (bicyclic) bond motifs is 1. The van der Waals surface area contributed by atoms with Crippen LogP contribution in [0.2, 0.25) is 0 Å². The molecule has 136 valence electrons. The largest absolute Gasteiger partial charge is 0.353 e. The highest BCUT2D eigenvalue weighted by atomic mass is 32.2. The highest BCUT2D eigenvalue weighted by molar-refractivity contribution is 7.89. The molecule has 26 heavy (non-hydrogen) atoms. The smallest absolute Gasteiger partial charge is 0.243 e. The number of anilines is 1. The Morgan fingerprint density at radius 2 is 1.77 bits per heavy atom. The predicted octanol–water partition coefficient (Wildman–Crippen LogP) is 2.12. The summed E-state index contributed by atoms with van der Waals surface area (Å²) in [6.45, 7) is 4.23. The molecule has 2 heterocycles. The van der Waals surface area contributed by atoms with Gasteiger partial charge in [0, 0.05) is 38.2 Å². The molecule has 0 radical (unpaired) electrons. The first kappa shape index (κ1) is 17.2. The fourth-order valence-electron chi connectivity index (χ4n) is 3.48. The zero-order chi connectivity index (χ0) is 18.1. The quantitative estimate of drug-likeness (QED) is 0.825. The highest BCUT2D eigenvalue weighted by Gasteiger charge is 2.30. The van der Waals surface area contributed by atoms with Crippen molar-refractivity contribution < 1.29 is 8.42 Å². The number of benzene rings is 1. The highest BCUT2D eigenvalue weighted by Crippen LogP contribution is 2.28. The third-order valence-electron chi connectivity index (χ3n) is 5.05. The summed E-state index contributed by atoms with van der Waals surface area (Å²) in [5.74, 6) is 0.910. The van der Waals surface area contributed by atoms with Gasteiger partial charge in [0.1, 0.15) is 12.1 Å². The normalized spacial score (nSPS) is 17.5. The van der Waals surface area contributed by atoms with E-state index in [9.17, 15) is 8.42 Å². The van der Waals surface area contributed by atoms with Crippen LogP contribution in [0.3, 0.4) is 0 Å². The first-order valence-corrected chi connectivity index (χ1v) is 10.4. The van der Waals surface area contributed by atoms with E-state index in [4.69, 9.17) is 0 Å². The SMILES string of the molecule is CCc1ccc(S(=O)(=O)N2CCN(c3ncnc4c3C=CC4)CC2)cc1. The third kappa shape index (κ3) is 3.01. The van der Waals surface area contributed by atoms with Gasteiger partial charge in [0.2, 0.25) is 10.0 Å². The van der Waals surface area contributed by atoms with Crippen molar-refractivity contribution in [3.63, 3.8) is 0 Å². The van der Waals surface area contributed by atoms with Crippen molar-refractivity contribution in [2.24, 2.45) is 0 Å². The number of rotatable bonds is 4. The summed E-state index contributed by atoms with van der Waals surface area (Å²) in [6.07, 6.45) is 7.48. The average molecular weight is 370 g/mol. The minimum absolute atomic E-state index is 0.369. The van der Waals surface area contributed by atoms with Crippen molar-refractivity contribution in [1.82, 2.24) is 14.3 Å². The van der Waals surface area contributed by atoms with Crippen LogP contribution < -0.4 is 4.90 Å². The number of nitrogens with zero attached hydrogens (tertiary/aromatic N) is 4. The fraction of sp³-hybridized carbons (Fsp3) is 0.368. The monoisotopic (exact) mass is 370 g/mol. The van der Waals surface area contributed by atoms with Gasteiger partial charge in [0.05, 0.1) is 10.6 Å². The van der Waals surface area contributed by atoms with Crippen LogP contribution in [0.1, 0.15) is 23.7 Å². The Kier molecular flexibility index (Phi) is 4.50. The average Bonchev–Trinajstić information content (AvgIpc) is 3.17. The maximum atomic E-state index is 12.9. The molecule has 1 aliphatic heterocycles. The number of hydrogen-bond donors (Lipinski definition) is 0. The van der Waals surface area contributed by atoms with E-state index < -0.39 is 10.0 Å². The molecule has 2 aromatic rings. The van der Waals surface area contributed by atoms with Gasteiger partial charge in [-0.05, 0) is 24.1 Å². The maximum Gasteiger partial charge on any atom is 0.243 e. The Morgan fingerprint density at radius 3 is 2.46 bits per heavy atom. The summed E-state index contributed by atoms with van der Waals surface area (Å²) in [5, 5.41) is 0. The van der Waals surface area contributed by atoms with Crippen LogP contribution in [-0.4, -0.2) is 48.9 Å². The fourth-order valence-corrected chi connectivity index (χ4v) is 4.90. The summed E-state index contributed by atoms with van der Waals surface area (Å²) in [4.78, 5) is 11.3. The van der Waals surface area contributed by atoms with E-state index in [-0.39, 0.29) is 0 Å². The molecule has 0 saturated carbocycles. The lowest BCUT2D eigenvalue weighted by atomic mass is 10.2. The van der Waals surface area contributed by atoms with E-state index in [0.29, 0.717) is 31.1 Å². The molecule has 0 amide bonds. The molecule has 7 heteroatoms. The van der Waals surface area contributed by atoms with Crippen molar-refractivity contribution in [1.29, 1.82) is 0 Å². The second-order valence-electron chi connectivity index (χ2n) is 6.55. The third-order valence-corrected chi connectivity index (χ3v) is 6.96. The minimum atomic E-state index is -3.44. The zero-order valence-electron chi connectivity index (χ0n) is 14.8. The molecule has 1 aromatic carbocycles. The van der Waals surface area contributed by atoms with Gasteiger partial charge in [-0.1, -0.05) is 31.2 Å². The topological polar surface area (TPSA) is 66.4 Å². The Balaban J connectivity index is 1.49. The van der Waals surface area contributed by atoms with Crippen molar-refractivity contribution in [3.8, 4) is 0 Å². The Morgan fingerprint density at radius 1 is 1.04 bits per heavy atom. The molecule has 4 rings (SSSR count). The number of piperazine rings is 1. The molecule has 1 saturated heterocycles. The summed E-state index contributed by atoms with van der Waals surface area (Å²) < 4.78 is 27.3. The summed E-state index contributed by atoms with van der Waals surface area (Å²) in [6, 6.07) is 7.20. The molecule has 6 nitrogen and oxygen atoms in total. The van der Waals surface area contributed by atoms with Gasteiger partial charge in [-0.2, -0.15) is 4.31 Å². The van der Waals surface area contributed by atoms with Crippen LogP contribution in [0.5, 0.6) is 0 Å². The Hall–Kier alpha value is -2.25.